The van der Waals surface area contributed by atoms with Crippen molar-refractivity contribution in [3.63, 3.8) is 0 Å². The quantitative estimate of drug-likeness (QED) is 0.453. The molecule has 0 saturated heterocycles. The number of carbonyl (C=O) groups excluding carboxylic acids is 1. The summed E-state index contributed by atoms with van der Waals surface area (Å²) < 4.78 is 6.28. The number of carbonyl (C=O) groups is 1. The number of imidazole rings is 1. The second kappa shape index (κ2) is 9.25. The summed E-state index contributed by atoms with van der Waals surface area (Å²) in [6.45, 7) is 2.00. The second-order valence-electron chi connectivity index (χ2n) is 11.5. The summed E-state index contributed by atoms with van der Waals surface area (Å²) in [4.78, 5) is 20.8. The molecular formula is C28H37N3O2S. The van der Waals surface area contributed by atoms with Gasteiger partial charge in [0.1, 0.15) is 11.6 Å². The highest BCUT2D eigenvalue weighted by Gasteiger charge is 2.48. The van der Waals surface area contributed by atoms with Gasteiger partial charge < -0.3 is 15.0 Å². The van der Waals surface area contributed by atoms with Crippen LogP contribution in [0.5, 0.6) is 5.75 Å². The Labute approximate surface area is 208 Å². The van der Waals surface area contributed by atoms with E-state index < -0.39 is 0 Å². The minimum absolute atomic E-state index is 0.0810. The minimum atomic E-state index is 0.0810. The average Bonchev–Trinajstić information content (AvgIpc) is 3.27. The van der Waals surface area contributed by atoms with Crippen molar-refractivity contribution in [2.45, 2.75) is 82.1 Å². The number of aromatic nitrogens is 2. The lowest BCUT2D eigenvalue weighted by atomic mass is 9.54. The predicted octanol–water partition coefficient (Wildman–Crippen LogP) is 5.88. The fraction of sp³-hybridized carbons (Fsp3) is 0.643. The van der Waals surface area contributed by atoms with E-state index in [1.807, 2.05) is 37.4 Å². The summed E-state index contributed by atoms with van der Waals surface area (Å²) in [7, 11) is 0. The van der Waals surface area contributed by atoms with E-state index in [1.165, 1.54) is 32.1 Å². The molecule has 5 nitrogen and oxygen atoms in total. The van der Waals surface area contributed by atoms with Gasteiger partial charge >= 0.3 is 0 Å². The van der Waals surface area contributed by atoms with E-state index in [0.717, 1.165) is 60.4 Å². The molecule has 1 amide bonds. The highest BCUT2D eigenvalue weighted by atomic mass is 32.1. The van der Waals surface area contributed by atoms with Crippen LogP contribution >= 0.6 is 12.6 Å². The minimum Gasteiger partial charge on any atom is -0.490 e. The summed E-state index contributed by atoms with van der Waals surface area (Å²) in [6, 6.07) is 8.16. The maximum absolute atomic E-state index is 13.0. The molecule has 1 aromatic carbocycles. The Balaban J connectivity index is 0.999. The molecule has 2 aromatic rings. The van der Waals surface area contributed by atoms with Gasteiger partial charge in [-0.15, -0.1) is 0 Å². The van der Waals surface area contributed by atoms with Crippen LogP contribution in [0.2, 0.25) is 0 Å². The molecule has 6 heteroatoms. The molecule has 7 rings (SSSR count). The molecule has 182 valence electrons. The van der Waals surface area contributed by atoms with E-state index in [-0.39, 0.29) is 17.3 Å². The molecule has 5 saturated carbocycles. The Hall–Kier alpha value is -1.95. The summed E-state index contributed by atoms with van der Waals surface area (Å²) >= 11 is 4.84. The van der Waals surface area contributed by atoms with Gasteiger partial charge in [-0.2, -0.15) is 12.6 Å². The number of thiol groups is 1. The number of H-pyrrole nitrogens is 1. The molecule has 4 bridgehead atoms. The molecule has 5 fully saturated rings. The molecule has 5 aliphatic carbocycles. The Morgan fingerprint density at radius 3 is 2.26 bits per heavy atom. The zero-order valence-corrected chi connectivity index (χ0v) is 21.0. The smallest absolute Gasteiger partial charge is 0.251 e. The van der Waals surface area contributed by atoms with Gasteiger partial charge in [0, 0.05) is 17.8 Å². The number of aryl methyl sites for hydroxylation is 1. The first-order chi connectivity index (χ1) is 16.5. The lowest BCUT2D eigenvalue weighted by molar-refractivity contribution is -0.0119. The Bertz CT molecular complexity index is 983. The number of amides is 1. The molecule has 0 aliphatic heterocycles. The van der Waals surface area contributed by atoms with E-state index >= 15 is 0 Å². The van der Waals surface area contributed by atoms with Crippen LogP contribution in [0.1, 0.15) is 84.9 Å². The lowest BCUT2D eigenvalue weighted by Crippen LogP contribution is -2.55. The maximum atomic E-state index is 13.0. The van der Waals surface area contributed by atoms with Crippen molar-refractivity contribution in [1.29, 1.82) is 0 Å². The van der Waals surface area contributed by atoms with Crippen molar-refractivity contribution in [2.24, 2.45) is 29.6 Å². The third-order valence-corrected chi connectivity index (χ3v) is 9.78. The van der Waals surface area contributed by atoms with Crippen LogP contribution in [0.4, 0.5) is 0 Å². The second-order valence-corrected chi connectivity index (χ2v) is 12.0. The van der Waals surface area contributed by atoms with Gasteiger partial charge in [0.25, 0.3) is 5.91 Å². The molecule has 1 aromatic heterocycles. The molecule has 1 heterocycles. The van der Waals surface area contributed by atoms with Crippen LogP contribution in [0.25, 0.3) is 0 Å². The van der Waals surface area contributed by atoms with E-state index in [4.69, 9.17) is 17.4 Å². The lowest BCUT2D eigenvalue weighted by Gasteiger charge is -2.54. The number of benzene rings is 1. The highest BCUT2D eigenvalue weighted by Crippen LogP contribution is 2.53. The topological polar surface area (TPSA) is 67.0 Å². The van der Waals surface area contributed by atoms with Crippen molar-refractivity contribution < 1.29 is 9.53 Å². The summed E-state index contributed by atoms with van der Waals surface area (Å²) in [5.41, 5.74) is 1.76. The third kappa shape index (κ3) is 4.50. The Kier molecular flexibility index (Phi) is 6.13. The van der Waals surface area contributed by atoms with Crippen LogP contribution in [0, 0.1) is 36.5 Å². The average molecular weight is 480 g/mol. The maximum Gasteiger partial charge on any atom is 0.251 e. The number of rotatable bonds is 6. The van der Waals surface area contributed by atoms with Gasteiger partial charge in [0.15, 0.2) is 0 Å². The van der Waals surface area contributed by atoms with Crippen molar-refractivity contribution in [3.8, 4) is 5.75 Å². The number of nitrogens with zero attached hydrogens (tertiary/aromatic N) is 1. The van der Waals surface area contributed by atoms with Gasteiger partial charge in [-0.25, -0.2) is 4.98 Å². The van der Waals surface area contributed by atoms with Crippen molar-refractivity contribution in [2.75, 3.05) is 0 Å². The van der Waals surface area contributed by atoms with E-state index in [9.17, 15) is 4.79 Å². The molecule has 34 heavy (non-hydrogen) atoms. The molecule has 0 spiro atoms. The van der Waals surface area contributed by atoms with Gasteiger partial charge in [0.05, 0.1) is 17.0 Å². The van der Waals surface area contributed by atoms with Crippen LogP contribution in [0.3, 0.4) is 0 Å². The molecule has 1 atom stereocenters. The Morgan fingerprint density at radius 1 is 1.03 bits per heavy atom. The third-order valence-electron chi connectivity index (χ3n) is 9.12. The zero-order valence-electron chi connectivity index (χ0n) is 20.1. The van der Waals surface area contributed by atoms with Crippen LogP contribution in [0.15, 0.2) is 30.5 Å². The van der Waals surface area contributed by atoms with Crippen LogP contribution in [-0.2, 0) is 0 Å². The fourth-order valence-corrected chi connectivity index (χ4v) is 8.03. The molecule has 0 radical (unpaired) electrons. The summed E-state index contributed by atoms with van der Waals surface area (Å²) in [5.74, 6) is 5.69. The van der Waals surface area contributed by atoms with E-state index in [0.29, 0.717) is 23.8 Å². The van der Waals surface area contributed by atoms with Crippen molar-refractivity contribution in [3.05, 3.63) is 47.5 Å². The summed E-state index contributed by atoms with van der Waals surface area (Å²) in [5, 5.41) is 3.57. The SMILES string of the molecule is Cc1c[nH]c(C(S)C2CCC(Oc3ccc(C(=O)NC4C5CC6CC(C5)CC4C6)cc3)CC2)n1. The first-order valence-electron chi connectivity index (χ1n) is 13.3. The molecular weight excluding hydrogens is 442 g/mol. The fourth-order valence-electron chi connectivity index (χ4n) is 7.60. The van der Waals surface area contributed by atoms with E-state index in [1.54, 1.807) is 0 Å². The van der Waals surface area contributed by atoms with Crippen LogP contribution < -0.4 is 10.1 Å². The molecule has 2 N–H and O–H groups in total. The van der Waals surface area contributed by atoms with Crippen LogP contribution in [-0.4, -0.2) is 28.0 Å². The molecule has 1 unspecified atom stereocenters. The predicted molar refractivity (Wildman–Crippen MR) is 136 cm³/mol. The number of hydrogen-bond donors (Lipinski definition) is 3. The van der Waals surface area contributed by atoms with Gasteiger partial charge in [-0.3, -0.25) is 4.79 Å². The van der Waals surface area contributed by atoms with Crippen molar-refractivity contribution in [1.82, 2.24) is 15.3 Å². The first-order valence-corrected chi connectivity index (χ1v) is 13.8. The number of hydrogen-bond acceptors (Lipinski definition) is 4. The molecule has 5 aliphatic rings. The highest BCUT2D eigenvalue weighted by molar-refractivity contribution is 7.80. The van der Waals surface area contributed by atoms with Gasteiger partial charge in [-0.05, 0) is 119 Å². The Morgan fingerprint density at radius 2 is 1.68 bits per heavy atom. The number of ether oxygens (including phenoxy) is 1. The van der Waals surface area contributed by atoms with Gasteiger partial charge in [-0.1, -0.05) is 0 Å². The van der Waals surface area contributed by atoms with Gasteiger partial charge in [0.2, 0.25) is 0 Å². The largest absolute Gasteiger partial charge is 0.490 e. The standard InChI is InChI=1S/C28H37N3O2S/c1-16-15-29-27(30-16)26(34)19-2-6-23(7-3-19)33-24-8-4-20(5-9-24)28(32)31-25-21-11-17-10-18(13-21)14-22(25)12-17/h4-5,8-9,15,17-19,21-23,25-26,34H,2-3,6-7,10-14H2,1H3,(H,29,30)(H,31,32). The normalized spacial score (nSPS) is 35.2. The first kappa shape index (κ1) is 22.5. The monoisotopic (exact) mass is 479 g/mol. The summed E-state index contributed by atoms with van der Waals surface area (Å²) in [6.07, 6.45) is 13.1. The van der Waals surface area contributed by atoms with Crippen molar-refractivity contribution >= 4 is 18.5 Å². The zero-order chi connectivity index (χ0) is 23.2. The van der Waals surface area contributed by atoms with E-state index in [2.05, 4.69) is 15.3 Å². The number of aromatic amines is 1. The number of nitrogens with one attached hydrogen (secondary N) is 2.